The first kappa shape index (κ1) is 18.7. The normalized spacial score (nSPS) is 15.9. The topological polar surface area (TPSA) is 53.9 Å². The summed E-state index contributed by atoms with van der Waals surface area (Å²) >= 11 is 0. The van der Waals surface area contributed by atoms with Crippen LogP contribution in [-0.2, 0) is 10.0 Å². The Morgan fingerprint density at radius 2 is 1.73 bits per heavy atom. The second kappa shape index (κ2) is 7.68. The van der Waals surface area contributed by atoms with Gasteiger partial charge in [0.05, 0.1) is 49.0 Å². The molecule has 2 aromatic rings. The number of quaternary nitrogens is 1. The van der Waals surface area contributed by atoms with Crippen molar-refractivity contribution < 1.29 is 13.3 Å². The van der Waals surface area contributed by atoms with E-state index < -0.39 is 10.0 Å². The smallest absolute Gasteiger partial charge is 0.261 e. The molecule has 0 bridgehead atoms. The van der Waals surface area contributed by atoms with Crippen molar-refractivity contribution in [2.45, 2.75) is 25.7 Å². The molecule has 1 heterocycles. The van der Waals surface area contributed by atoms with Gasteiger partial charge in [0, 0.05) is 0 Å². The lowest BCUT2D eigenvalue weighted by molar-refractivity contribution is -0.898. The molecule has 0 unspecified atom stereocenters. The average molecular weight is 375 g/mol. The first-order chi connectivity index (χ1) is 12.4. The van der Waals surface area contributed by atoms with E-state index in [1.165, 1.54) is 0 Å². The van der Waals surface area contributed by atoms with Gasteiger partial charge in [0.15, 0.2) is 0 Å². The number of nitrogens with one attached hydrogen (secondary N) is 2. The summed E-state index contributed by atoms with van der Waals surface area (Å²) in [4.78, 5) is 4.17. The van der Waals surface area contributed by atoms with Crippen LogP contribution in [0.3, 0.4) is 0 Å². The molecule has 6 heteroatoms. The second-order valence-corrected chi connectivity index (χ2v) is 8.64. The summed E-state index contributed by atoms with van der Waals surface area (Å²) in [6, 6.07) is 12.9. The molecule has 0 amide bonds. The fourth-order valence-corrected chi connectivity index (χ4v) is 4.50. The summed E-state index contributed by atoms with van der Waals surface area (Å²) < 4.78 is 28.5. The van der Waals surface area contributed by atoms with Gasteiger partial charge in [-0.1, -0.05) is 18.2 Å². The van der Waals surface area contributed by atoms with Gasteiger partial charge in [0.2, 0.25) is 0 Å². The molecular weight excluding hydrogens is 346 g/mol. The number of anilines is 2. The van der Waals surface area contributed by atoms with Crippen molar-refractivity contribution in [1.82, 2.24) is 0 Å². The molecule has 1 aliphatic rings. The molecule has 0 spiro atoms. The van der Waals surface area contributed by atoms with Crippen LogP contribution in [0.15, 0.2) is 47.4 Å². The van der Waals surface area contributed by atoms with Crippen LogP contribution in [0.5, 0.6) is 0 Å². The highest BCUT2D eigenvalue weighted by Crippen LogP contribution is 2.28. The summed E-state index contributed by atoms with van der Waals surface area (Å²) in [5.41, 5.74) is 3.65. The molecule has 1 saturated heterocycles. The van der Waals surface area contributed by atoms with Crippen molar-refractivity contribution in [3.8, 4) is 0 Å². The van der Waals surface area contributed by atoms with Crippen molar-refractivity contribution >= 4 is 21.4 Å². The Balaban J connectivity index is 1.85. The molecular formula is C20H28N3O2S+. The Morgan fingerprint density at radius 1 is 1.04 bits per heavy atom. The minimum absolute atomic E-state index is 0.302. The molecule has 2 aromatic carbocycles. The fraction of sp³-hybridized carbons (Fsp3) is 0.400. The van der Waals surface area contributed by atoms with Crippen LogP contribution in [0, 0.1) is 13.8 Å². The Kier molecular flexibility index (Phi) is 5.53. The van der Waals surface area contributed by atoms with Crippen LogP contribution in [-0.4, -0.2) is 41.1 Å². The number of likely N-dealkylation sites (N-methyl/N-ethyl adjacent to an activating group) is 1. The number of piperazine rings is 1. The van der Waals surface area contributed by atoms with Crippen LogP contribution < -0.4 is 14.5 Å². The van der Waals surface area contributed by atoms with E-state index in [0.717, 1.165) is 49.5 Å². The summed E-state index contributed by atoms with van der Waals surface area (Å²) in [6.45, 7) is 11.3. The van der Waals surface area contributed by atoms with Crippen LogP contribution in [0.4, 0.5) is 11.4 Å². The minimum atomic E-state index is -3.61. The molecule has 5 nitrogen and oxygen atoms in total. The summed E-state index contributed by atoms with van der Waals surface area (Å²) in [7, 11) is -3.61. The van der Waals surface area contributed by atoms with Crippen molar-refractivity contribution in [3.63, 3.8) is 0 Å². The molecule has 0 radical (unpaired) electrons. The number of aryl methyl sites for hydroxylation is 2. The predicted octanol–water partition coefficient (Wildman–Crippen LogP) is 1.83. The average Bonchev–Trinajstić information content (AvgIpc) is 2.64. The van der Waals surface area contributed by atoms with E-state index in [4.69, 9.17) is 0 Å². The number of sulfonamides is 1. The number of para-hydroxylation sites is 2. The maximum absolute atomic E-state index is 12.9. The minimum Gasteiger partial charge on any atom is -0.359 e. The largest absolute Gasteiger partial charge is 0.359 e. The monoisotopic (exact) mass is 374 g/mol. The molecule has 0 aliphatic carbocycles. The quantitative estimate of drug-likeness (QED) is 0.840. The van der Waals surface area contributed by atoms with Gasteiger partial charge in [-0.2, -0.15) is 0 Å². The molecule has 26 heavy (non-hydrogen) atoms. The summed E-state index contributed by atoms with van der Waals surface area (Å²) in [5, 5.41) is 0. The van der Waals surface area contributed by atoms with Gasteiger partial charge >= 0.3 is 0 Å². The Hall–Kier alpha value is -2.05. The third-order valence-electron chi connectivity index (χ3n) is 5.25. The molecule has 0 saturated carbocycles. The van der Waals surface area contributed by atoms with E-state index in [2.05, 4.69) is 16.5 Å². The van der Waals surface area contributed by atoms with Gasteiger partial charge in [-0.25, -0.2) is 8.42 Å². The van der Waals surface area contributed by atoms with Crippen LogP contribution in [0.2, 0.25) is 0 Å². The molecule has 0 aromatic heterocycles. The maximum atomic E-state index is 12.9. The predicted molar refractivity (Wildman–Crippen MR) is 107 cm³/mol. The zero-order valence-electron chi connectivity index (χ0n) is 15.7. The fourth-order valence-electron chi connectivity index (χ4n) is 3.34. The molecule has 2 N–H and O–H groups in total. The number of hydrogen-bond acceptors (Lipinski definition) is 3. The number of hydrogen-bond donors (Lipinski definition) is 2. The highest BCUT2D eigenvalue weighted by Gasteiger charge is 2.23. The SMILES string of the molecule is CC[NH+]1CCN(c2ccccc2NS(=O)(=O)c2ccc(C)c(C)c2)CC1. The highest BCUT2D eigenvalue weighted by molar-refractivity contribution is 7.92. The van der Waals surface area contributed by atoms with Crippen LogP contribution in [0.1, 0.15) is 18.1 Å². The van der Waals surface area contributed by atoms with Crippen molar-refractivity contribution in [2.24, 2.45) is 0 Å². The van der Waals surface area contributed by atoms with Crippen LogP contribution >= 0.6 is 0 Å². The molecule has 0 atom stereocenters. The second-order valence-electron chi connectivity index (χ2n) is 6.96. The Labute approximate surface area is 156 Å². The van der Waals surface area contributed by atoms with Crippen LogP contribution in [0.25, 0.3) is 0 Å². The van der Waals surface area contributed by atoms with Gasteiger partial charge in [-0.05, 0) is 56.2 Å². The third kappa shape index (κ3) is 4.02. The first-order valence-corrected chi connectivity index (χ1v) is 10.7. The summed E-state index contributed by atoms with van der Waals surface area (Å²) in [5.74, 6) is 0. The number of rotatable bonds is 5. The van der Waals surface area contributed by atoms with Gasteiger partial charge in [-0.3, -0.25) is 4.72 Å². The van der Waals surface area contributed by atoms with E-state index >= 15 is 0 Å². The van der Waals surface area contributed by atoms with E-state index in [1.54, 1.807) is 17.0 Å². The maximum Gasteiger partial charge on any atom is 0.261 e. The third-order valence-corrected chi connectivity index (χ3v) is 6.61. The van der Waals surface area contributed by atoms with E-state index in [0.29, 0.717) is 10.6 Å². The Morgan fingerprint density at radius 3 is 2.38 bits per heavy atom. The van der Waals surface area contributed by atoms with E-state index in [1.807, 2.05) is 44.2 Å². The number of nitrogens with zero attached hydrogens (tertiary/aromatic N) is 1. The lowest BCUT2D eigenvalue weighted by Gasteiger charge is -2.34. The van der Waals surface area contributed by atoms with E-state index in [-0.39, 0.29) is 0 Å². The van der Waals surface area contributed by atoms with Crippen molar-refractivity contribution in [2.75, 3.05) is 42.3 Å². The lowest BCUT2D eigenvalue weighted by atomic mass is 10.1. The highest BCUT2D eigenvalue weighted by atomic mass is 32.2. The molecule has 140 valence electrons. The van der Waals surface area contributed by atoms with Gasteiger partial charge in [-0.15, -0.1) is 0 Å². The van der Waals surface area contributed by atoms with Gasteiger partial charge < -0.3 is 9.80 Å². The molecule has 1 aliphatic heterocycles. The zero-order valence-corrected chi connectivity index (χ0v) is 16.6. The zero-order chi connectivity index (χ0) is 18.7. The van der Waals surface area contributed by atoms with Gasteiger partial charge in [0.25, 0.3) is 10.0 Å². The standard InChI is InChI=1S/C20H27N3O2S/c1-4-22-11-13-23(14-12-22)20-8-6-5-7-19(20)21-26(24,25)18-10-9-16(2)17(3)15-18/h5-10,15,21H,4,11-14H2,1-3H3/p+1. The van der Waals surface area contributed by atoms with Crippen molar-refractivity contribution in [3.05, 3.63) is 53.6 Å². The number of benzene rings is 2. The van der Waals surface area contributed by atoms with Crippen molar-refractivity contribution in [1.29, 1.82) is 0 Å². The molecule has 3 rings (SSSR count). The first-order valence-electron chi connectivity index (χ1n) is 9.18. The molecule has 1 fully saturated rings. The Bertz CT molecular complexity index is 872. The van der Waals surface area contributed by atoms with Gasteiger partial charge in [0.1, 0.15) is 0 Å². The van der Waals surface area contributed by atoms with E-state index in [9.17, 15) is 8.42 Å². The summed E-state index contributed by atoms with van der Waals surface area (Å²) in [6.07, 6.45) is 0. The lowest BCUT2D eigenvalue weighted by Crippen LogP contribution is -3.14.